The highest BCUT2D eigenvalue weighted by Crippen LogP contribution is 2.27. The molecule has 0 aliphatic heterocycles. The number of aryl methyl sites for hydroxylation is 1. The summed E-state index contributed by atoms with van der Waals surface area (Å²) in [6.07, 6.45) is 2.65. The molecule has 4 heteroatoms. The minimum absolute atomic E-state index is 0.129. The summed E-state index contributed by atoms with van der Waals surface area (Å²) in [4.78, 5) is 10.2. The van der Waals surface area contributed by atoms with Crippen LogP contribution >= 0.6 is 11.6 Å². The van der Waals surface area contributed by atoms with Gasteiger partial charge in [0.05, 0.1) is 4.92 Å². The van der Waals surface area contributed by atoms with E-state index in [4.69, 9.17) is 11.6 Å². The molecule has 0 saturated carbocycles. The monoisotopic (exact) mass is 211 g/mol. The van der Waals surface area contributed by atoms with Crippen LogP contribution in [0, 0.1) is 10.1 Å². The molecule has 0 bridgehead atoms. The van der Waals surface area contributed by atoms with Crippen LogP contribution in [0.25, 0.3) is 0 Å². The molecular weight excluding hydrogens is 202 g/mol. The highest BCUT2D eigenvalue weighted by Gasteiger charge is 2.18. The summed E-state index contributed by atoms with van der Waals surface area (Å²) in [5, 5.41) is 10.7. The first-order chi connectivity index (χ1) is 6.66. The van der Waals surface area contributed by atoms with Crippen molar-refractivity contribution in [3.63, 3.8) is 0 Å². The molecular formula is C10H10ClNO2. The molecule has 1 atom stereocenters. The number of hydrogen-bond donors (Lipinski definition) is 0. The van der Waals surface area contributed by atoms with Crippen LogP contribution in [0.3, 0.4) is 0 Å². The van der Waals surface area contributed by atoms with Crippen molar-refractivity contribution < 1.29 is 4.92 Å². The second-order valence-corrected chi connectivity index (χ2v) is 4.17. The van der Waals surface area contributed by atoms with Gasteiger partial charge in [-0.2, -0.15) is 0 Å². The van der Waals surface area contributed by atoms with Crippen molar-refractivity contribution in [1.82, 2.24) is 0 Å². The third-order valence-electron chi connectivity index (χ3n) is 2.57. The van der Waals surface area contributed by atoms with Crippen molar-refractivity contribution in [2.24, 2.45) is 0 Å². The lowest BCUT2D eigenvalue weighted by Gasteiger charge is -2.19. The van der Waals surface area contributed by atoms with Gasteiger partial charge >= 0.3 is 0 Å². The molecule has 2 rings (SSSR count). The average molecular weight is 212 g/mol. The van der Waals surface area contributed by atoms with E-state index in [1.165, 1.54) is 5.56 Å². The van der Waals surface area contributed by atoms with Gasteiger partial charge < -0.3 is 0 Å². The van der Waals surface area contributed by atoms with Gasteiger partial charge in [-0.3, -0.25) is 10.1 Å². The fourth-order valence-electron chi connectivity index (χ4n) is 1.81. The summed E-state index contributed by atoms with van der Waals surface area (Å²) in [6.45, 7) is 0. The molecule has 0 saturated heterocycles. The van der Waals surface area contributed by atoms with Crippen LogP contribution in [-0.2, 0) is 12.8 Å². The van der Waals surface area contributed by atoms with Crippen molar-refractivity contribution in [1.29, 1.82) is 0 Å². The highest BCUT2D eigenvalue weighted by atomic mass is 35.5. The van der Waals surface area contributed by atoms with Crippen molar-refractivity contribution in [2.45, 2.75) is 24.6 Å². The number of nitro benzene ring substituents is 1. The zero-order valence-electron chi connectivity index (χ0n) is 7.57. The summed E-state index contributed by atoms with van der Waals surface area (Å²) >= 11 is 6.01. The Kier molecular flexibility index (Phi) is 2.42. The Morgan fingerprint density at radius 2 is 2.21 bits per heavy atom. The van der Waals surface area contributed by atoms with E-state index in [9.17, 15) is 10.1 Å². The molecule has 1 aliphatic rings. The van der Waals surface area contributed by atoms with Crippen LogP contribution in [0.15, 0.2) is 18.2 Å². The number of fused-ring (bicyclic) bond motifs is 1. The summed E-state index contributed by atoms with van der Waals surface area (Å²) in [5.41, 5.74) is 2.40. The standard InChI is InChI=1S/C10H10ClNO2/c11-9-3-1-7-2-4-10(12(13)14)6-8(7)5-9/h2,4,6,9H,1,3,5H2. The second kappa shape index (κ2) is 3.58. The second-order valence-electron chi connectivity index (χ2n) is 3.55. The van der Waals surface area contributed by atoms with E-state index in [1.807, 2.05) is 6.07 Å². The molecule has 0 fully saturated rings. The molecule has 1 aromatic rings. The van der Waals surface area contributed by atoms with Crippen molar-refractivity contribution in [3.8, 4) is 0 Å². The van der Waals surface area contributed by atoms with Gasteiger partial charge in [0.1, 0.15) is 0 Å². The number of halogens is 1. The lowest BCUT2D eigenvalue weighted by molar-refractivity contribution is -0.384. The molecule has 3 nitrogen and oxygen atoms in total. The normalized spacial score (nSPS) is 20.2. The maximum atomic E-state index is 10.5. The number of non-ortho nitro benzene ring substituents is 1. The fourth-order valence-corrected chi connectivity index (χ4v) is 2.09. The molecule has 0 spiro atoms. The molecule has 0 N–H and O–H groups in total. The van der Waals surface area contributed by atoms with E-state index in [0.717, 1.165) is 24.8 Å². The molecule has 0 heterocycles. The molecule has 0 amide bonds. The first-order valence-corrected chi connectivity index (χ1v) is 5.01. The minimum Gasteiger partial charge on any atom is -0.258 e. The van der Waals surface area contributed by atoms with Crippen molar-refractivity contribution in [2.75, 3.05) is 0 Å². The number of rotatable bonds is 1. The average Bonchev–Trinajstić information content (AvgIpc) is 2.16. The summed E-state index contributed by atoms with van der Waals surface area (Å²) < 4.78 is 0. The molecule has 0 aromatic heterocycles. The maximum Gasteiger partial charge on any atom is 0.269 e. The Bertz CT molecular complexity index is 378. The van der Waals surface area contributed by atoms with Gasteiger partial charge in [0.2, 0.25) is 0 Å². The lowest BCUT2D eigenvalue weighted by Crippen LogP contribution is -2.13. The van der Waals surface area contributed by atoms with E-state index in [-0.39, 0.29) is 16.0 Å². The summed E-state index contributed by atoms with van der Waals surface area (Å²) in [5.74, 6) is 0. The summed E-state index contributed by atoms with van der Waals surface area (Å²) in [7, 11) is 0. The number of nitro groups is 1. The zero-order valence-corrected chi connectivity index (χ0v) is 8.33. The Morgan fingerprint density at radius 3 is 2.93 bits per heavy atom. The molecule has 14 heavy (non-hydrogen) atoms. The van der Waals surface area contributed by atoms with Crippen LogP contribution in [-0.4, -0.2) is 10.3 Å². The van der Waals surface area contributed by atoms with Gasteiger partial charge in [-0.25, -0.2) is 0 Å². The largest absolute Gasteiger partial charge is 0.269 e. The minimum atomic E-state index is -0.363. The van der Waals surface area contributed by atoms with Crippen molar-refractivity contribution in [3.05, 3.63) is 39.4 Å². The Hall–Kier alpha value is -1.09. The predicted octanol–water partition coefficient (Wildman–Crippen LogP) is 2.69. The molecule has 74 valence electrons. The number of nitrogens with zero attached hydrogens (tertiary/aromatic N) is 1. The van der Waals surface area contributed by atoms with Crippen LogP contribution in [0.5, 0.6) is 0 Å². The Balaban J connectivity index is 2.37. The highest BCUT2D eigenvalue weighted by molar-refractivity contribution is 6.20. The van der Waals surface area contributed by atoms with Gasteiger partial charge in [0.15, 0.2) is 0 Å². The molecule has 1 aromatic carbocycles. The maximum absolute atomic E-state index is 10.5. The Morgan fingerprint density at radius 1 is 1.43 bits per heavy atom. The van der Waals surface area contributed by atoms with E-state index >= 15 is 0 Å². The topological polar surface area (TPSA) is 43.1 Å². The summed E-state index contributed by atoms with van der Waals surface area (Å²) in [6, 6.07) is 5.05. The quantitative estimate of drug-likeness (QED) is 0.407. The first kappa shape index (κ1) is 9.46. The van der Waals surface area contributed by atoms with Gasteiger partial charge in [0.25, 0.3) is 5.69 Å². The van der Waals surface area contributed by atoms with Gasteiger partial charge in [0, 0.05) is 17.5 Å². The third-order valence-corrected chi connectivity index (χ3v) is 2.94. The van der Waals surface area contributed by atoms with E-state index in [0.29, 0.717) is 0 Å². The zero-order chi connectivity index (χ0) is 10.1. The van der Waals surface area contributed by atoms with E-state index < -0.39 is 0 Å². The smallest absolute Gasteiger partial charge is 0.258 e. The van der Waals surface area contributed by atoms with Gasteiger partial charge in [-0.05, 0) is 30.4 Å². The number of benzene rings is 1. The van der Waals surface area contributed by atoms with E-state index in [1.54, 1.807) is 12.1 Å². The molecule has 1 unspecified atom stereocenters. The molecule has 0 radical (unpaired) electrons. The fraction of sp³-hybridized carbons (Fsp3) is 0.400. The third kappa shape index (κ3) is 1.73. The first-order valence-electron chi connectivity index (χ1n) is 4.57. The Labute approximate surface area is 86.8 Å². The number of hydrogen-bond acceptors (Lipinski definition) is 2. The number of alkyl halides is 1. The predicted molar refractivity (Wildman–Crippen MR) is 54.8 cm³/mol. The molecule has 1 aliphatic carbocycles. The van der Waals surface area contributed by atoms with Crippen LogP contribution < -0.4 is 0 Å². The van der Waals surface area contributed by atoms with Crippen LogP contribution in [0.2, 0.25) is 0 Å². The van der Waals surface area contributed by atoms with Gasteiger partial charge in [-0.1, -0.05) is 6.07 Å². The van der Waals surface area contributed by atoms with Crippen LogP contribution in [0.4, 0.5) is 5.69 Å². The lowest BCUT2D eigenvalue weighted by atomic mass is 9.91. The van der Waals surface area contributed by atoms with Gasteiger partial charge in [-0.15, -0.1) is 11.6 Å². The van der Waals surface area contributed by atoms with Crippen LogP contribution in [0.1, 0.15) is 17.5 Å². The van der Waals surface area contributed by atoms with Crippen molar-refractivity contribution >= 4 is 17.3 Å². The SMILES string of the molecule is O=[N+]([O-])c1ccc2c(c1)CC(Cl)CC2. The van der Waals surface area contributed by atoms with E-state index in [2.05, 4.69) is 0 Å².